The summed E-state index contributed by atoms with van der Waals surface area (Å²) in [6, 6.07) is 2.00. The molecule has 6 nitrogen and oxygen atoms in total. The Labute approximate surface area is 105 Å². The van der Waals surface area contributed by atoms with Gasteiger partial charge in [0.2, 0.25) is 0 Å². The van der Waals surface area contributed by atoms with E-state index in [1.54, 1.807) is 25.3 Å². The topological polar surface area (TPSA) is 91.3 Å². The number of pyridine rings is 1. The number of carbonyl (C=O) groups excluding carboxylic acids is 1. The van der Waals surface area contributed by atoms with E-state index in [1.807, 2.05) is 6.92 Å². The Hall–Kier alpha value is -2.11. The highest BCUT2D eigenvalue weighted by Crippen LogP contribution is 2.10. The first-order valence-electron chi connectivity index (χ1n) is 5.76. The third-order valence-electron chi connectivity index (χ3n) is 2.44. The molecule has 3 N–H and O–H groups in total. The number of hydrogen-bond donors (Lipinski definition) is 3. The maximum absolute atomic E-state index is 11.6. The number of carboxylic acids is 1. The van der Waals surface area contributed by atoms with Gasteiger partial charge in [-0.3, -0.25) is 4.98 Å². The van der Waals surface area contributed by atoms with E-state index >= 15 is 0 Å². The van der Waals surface area contributed by atoms with Crippen LogP contribution in [0.15, 0.2) is 18.3 Å². The second-order valence-electron chi connectivity index (χ2n) is 3.91. The van der Waals surface area contributed by atoms with Gasteiger partial charge in [0.1, 0.15) is 6.04 Å². The van der Waals surface area contributed by atoms with Crippen molar-refractivity contribution in [3.05, 3.63) is 24.0 Å². The van der Waals surface area contributed by atoms with Gasteiger partial charge in [-0.2, -0.15) is 0 Å². The van der Waals surface area contributed by atoms with Crippen molar-refractivity contribution in [1.82, 2.24) is 10.3 Å². The lowest BCUT2D eigenvalue weighted by atomic mass is 10.2. The molecule has 1 aromatic rings. The Kier molecular flexibility index (Phi) is 5.10. The van der Waals surface area contributed by atoms with Gasteiger partial charge in [0.15, 0.2) is 0 Å². The highest BCUT2D eigenvalue weighted by molar-refractivity contribution is 5.92. The van der Waals surface area contributed by atoms with Crippen molar-refractivity contribution in [3.63, 3.8) is 0 Å². The second kappa shape index (κ2) is 6.58. The van der Waals surface area contributed by atoms with Crippen molar-refractivity contribution in [1.29, 1.82) is 0 Å². The Morgan fingerprint density at radius 2 is 2.22 bits per heavy atom. The highest BCUT2D eigenvalue weighted by Gasteiger charge is 2.18. The summed E-state index contributed by atoms with van der Waals surface area (Å²) >= 11 is 0. The van der Waals surface area contributed by atoms with Crippen LogP contribution in [0.4, 0.5) is 10.5 Å². The molecule has 0 aromatic carbocycles. The molecule has 1 aromatic heterocycles. The average Bonchev–Trinajstić information content (AvgIpc) is 2.31. The van der Waals surface area contributed by atoms with E-state index < -0.39 is 18.0 Å². The van der Waals surface area contributed by atoms with Gasteiger partial charge in [-0.15, -0.1) is 0 Å². The van der Waals surface area contributed by atoms with Crippen LogP contribution in [0.5, 0.6) is 0 Å². The van der Waals surface area contributed by atoms with Gasteiger partial charge in [-0.25, -0.2) is 9.59 Å². The van der Waals surface area contributed by atoms with E-state index in [0.717, 1.165) is 0 Å². The number of anilines is 1. The van der Waals surface area contributed by atoms with Crippen molar-refractivity contribution in [3.8, 4) is 0 Å². The van der Waals surface area contributed by atoms with Crippen LogP contribution in [0.1, 0.15) is 25.5 Å². The van der Waals surface area contributed by atoms with E-state index in [1.165, 1.54) is 0 Å². The minimum atomic E-state index is -1.03. The zero-order valence-electron chi connectivity index (χ0n) is 10.4. The fourth-order valence-corrected chi connectivity index (χ4v) is 1.48. The third-order valence-corrected chi connectivity index (χ3v) is 2.44. The lowest BCUT2D eigenvalue weighted by Crippen LogP contribution is -2.43. The van der Waals surface area contributed by atoms with Crippen molar-refractivity contribution in [2.45, 2.75) is 32.7 Å². The summed E-state index contributed by atoms with van der Waals surface area (Å²) in [7, 11) is 0. The van der Waals surface area contributed by atoms with Crippen LogP contribution >= 0.6 is 0 Å². The number of aliphatic carboxylic acids is 1. The minimum Gasteiger partial charge on any atom is -0.480 e. The molecule has 1 rings (SSSR count). The van der Waals surface area contributed by atoms with E-state index in [4.69, 9.17) is 5.11 Å². The molecule has 0 saturated heterocycles. The van der Waals surface area contributed by atoms with Crippen molar-refractivity contribution >= 4 is 17.7 Å². The number of hydrogen-bond acceptors (Lipinski definition) is 3. The van der Waals surface area contributed by atoms with Crippen LogP contribution in [0.3, 0.4) is 0 Å². The SMILES string of the molecule is CCCC(NC(=O)Nc1cccnc1C)C(=O)O. The van der Waals surface area contributed by atoms with E-state index in [0.29, 0.717) is 24.2 Å². The number of carbonyl (C=O) groups is 2. The van der Waals surface area contributed by atoms with Gasteiger partial charge in [0.05, 0.1) is 11.4 Å². The zero-order chi connectivity index (χ0) is 13.5. The Bertz CT molecular complexity index is 434. The fourth-order valence-electron chi connectivity index (χ4n) is 1.48. The van der Waals surface area contributed by atoms with Crippen molar-refractivity contribution < 1.29 is 14.7 Å². The summed E-state index contributed by atoms with van der Waals surface area (Å²) in [5, 5.41) is 13.9. The average molecular weight is 251 g/mol. The second-order valence-corrected chi connectivity index (χ2v) is 3.91. The summed E-state index contributed by atoms with van der Waals surface area (Å²) < 4.78 is 0. The highest BCUT2D eigenvalue weighted by atomic mass is 16.4. The number of nitrogens with one attached hydrogen (secondary N) is 2. The van der Waals surface area contributed by atoms with Gasteiger partial charge in [0, 0.05) is 6.20 Å². The number of nitrogens with zero attached hydrogens (tertiary/aromatic N) is 1. The molecular formula is C12H17N3O3. The summed E-state index contributed by atoms with van der Waals surface area (Å²) in [6.45, 7) is 3.62. The molecular weight excluding hydrogens is 234 g/mol. The number of rotatable bonds is 5. The monoisotopic (exact) mass is 251 g/mol. The van der Waals surface area contributed by atoms with E-state index in [2.05, 4.69) is 15.6 Å². The number of urea groups is 1. The van der Waals surface area contributed by atoms with Gasteiger partial charge in [-0.05, 0) is 25.5 Å². The quantitative estimate of drug-likeness (QED) is 0.743. The van der Waals surface area contributed by atoms with Crippen LogP contribution in [-0.4, -0.2) is 28.1 Å². The molecule has 98 valence electrons. The molecule has 6 heteroatoms. The van der Waals surface area contributed by atoms with Crippen LogP contribution in [-0.2, 0) is 4.79 Å². The molecule has 0 aliphatic rings. The number of aryl methyl sites for hydroxylation is 1. The lowest BCUT2D eigenvalue weighted by Gasteiger charge is -2.14. The third kappa shape index (κ3) is 4.04. The van der Waals surface area contributed by atoms with Crippen molar-refractivity contribution in [2.75, 3.05) is 5.32 Å². The van der Waals surface area contributed by atoms with Crippen LogP contribution in [0, 0.1) is 6.92 Å². The number of aromatic nitrogens is 1. The summed E-state index contributed by atoms with van der Waals surface area (Å²) in [5.74, 6) is -1.03. The minimum absolute atomic E-state index is 0.398. The molecule has 1 atom stereocenters. The normalized spacial score (nSPS) is 11.7. The molecule has 1 heterocycles. The maximum Gasteiger partial charge on any atom is 0.326 e. The predicted octanol–water partition coefficient (Wildman–Crippen LogP) is 1.76. The van der Waals surface area contributed by atoms with E-state index in [-0.39, 0.29) is 0 Å². The molecule has 0 aliphatic carbocycles. The molecule has 18 heavy (non-hydrogen) atoms. The molecule has 0 spiro atoms. The zero-order valence-corrected chi connectivity index (χ0v) is 10.4. The molecule has 1 unspecified atom stereocenters. The lowest BCUT2D eigenvalue weighted by molar-refractivity contribution is -0.139. The molecule has 0 bridgehead atoms. The smallest absolute Gasteiger partial charge is 0.326 e. The van der Waals surface area contributed by atoms with Crippen LogP contribution in [0.2, 0.25) is 0 Å². The van der Waals surface area contributed by atoms with Gasteiger partial charge in [-0.1, -0.05) is 13.3 Å². The first kappa shape index (κ1) is 14.0. The fraction of sp³-hybridized carbons (Fsp3) is 0.417. The van der Waals surface area contributed by atoms with Gasteiger partial charge in [0.25, 0.3) is 0 Å². The first-order valence-corrected chi connectivity index (χ1v) is 5.76. The van der Waals surface area contributed by atoms with Crippen LogP contribution in [0.25, 0.3) is 0 Å². The van der Waals surface area contributed by atoms with E-state index in [9.17, 15) is 9.59 Å². The largest absolute Gasteiger partial charge is 0.480 e. The molecule has 2 amide bonds. The standard InChI is InChI=1S/C12H17N3O3/c1-3-5-10(11(16)17)15-12(18)14-9-6-4-7-13-8(9)2/h4,6-7,10H,3,5H2,1-2H3,(H,16,17)(H2,14,15,18). The maximum atomic E-state index is 11.6. The Balaban J connectivity index is 2.61. The first-order chi connectivity index (χ1) is 8.54. The van der Waals surface area contributed by atoms with Crippen LogP contribution < -0.4 is 10.6 Å². The summed E-state index contributed by atoms with van der Waals surface area (Å²) in [6.07, 6.45) is 2.70. The Morgan fingerprint density at radius 1 is 1.50 bits per heavy atom. The Morgan fingerprint density at radius 3 is 2.78 bits per heavy atom. The van der Waals surface area contributed by atoms with Gasteiger partial charge >= 0.3 is 12.0 Å². The molecule has 0 saturated carbocycles. The molecule has 0 fully saturated rings. The number of carboxylic acid groups (broad SMARTS) is 1. The molecule has 0 aliphatic heterocycles. The summed E-state index contributed by atoms with van der Waals surface area (Å²) in [4.78, 5) is 26.6. The van der Waals surface area contributed by atoms with Gasteiger partial charge < -0.3 is 15.7 Å². The summed E-state index contributed by atoms with van der Waals surface area (Å²) in [5.41, 5.74) is 1.24. The number of amides is 2. The molecule has 0 radical (unpaired) electrons. The van der Waals surface area contributed by atoms with Crippen molar-refractivity contribution in [2.24, 2.45) is 0 Å². The predicted molar refractivity (Wildman–Crippen MR) is 67.5 cm³/mol.